The first-order valence-electron chi connectivity index (χ1n) is 11.3. The minimum absolute atomic E-state index is 0.0683. The fraction of sp³-hybridized carbons (Fsp3) is 0.360. The standard InChI is InChI=1S/C25H27N5O2S/c26-18-19-8-3-6-11-22(19)28-14-16-29(17-15-28)23(31)12-2-1-7-13-30-24(32)20-9-4-5-10-21(20)27-25(30)33/h3-6,8-11H,1-2,7,12-17H2,(H,27,33). The molecule has 8 heteroatoms. The molecule has 1 fully saturated rings. The van der Waals surface area contributed by atoms with Crippen molar-refractivity contribution < 1.29 is 4.79 Å². The van der Waals surface area contributed by atoms with E-state index >= 15 is 0 Å². The summed E-state index contributed by atoms with van der Waals surface area (Å²) in [6.07, 6.45) is 2.94. The second kappa shape index (κ2) is 10.5. The number of para-hydroxylation sites is 2. The zero-order valence-corrected chi connectivity index (χ0v) is 19.3. The van der Waals surface area contributed by atoms with Crippen LogP contribution in [0, 0.1) is 16.1 Å². The van der Waals surface area contributed by atoms with E-state index in [9.17, 15) is 14.9 Å². The SMILES string of the molecule is N#Cc1ccccc1N1CCN(C(=O)CCCCCn2c(=S)[nH]c3ccccc3c2=O)CC1. The van der Waals surface area contributed by atoms with Crippen LogP contribution < -0.4 is 10.5 Å². The normalized spacial score (nSPS) is 13.8. The van der Waals surface area contributed by atoms with E-state index in [0.717, 1.165) is 43.6 Å². The molecular formula is C25H27N5O2S. The van der Waals surface area contributed by atoms with Crippen molar-refractivity contribution in [2.24, 2.45) is 0 Å². The maximum absolute atomic E-state index is 12.7. The highest BCUT2D eigenvalue weighted by atomic mass is 32.1. The first-order valence-corrected chi connectivity index (χ1v) is 11.7. The third-order valence-corrected chi connectivity index (χ3v) is 6.48. The van der Waals surface area contributed by atoms with Crippen molar-refractivity contribution in [2.45, 2.75) is 32.2 Å². The molecule has 1 N–H and O–H groups in total. The Hall–Kier alpha value is -3.44. The molecular weight excluding hydrogens is 434 g/mol. The monoisotopic (exact) mass is 461 g/mol. The number of unbranched alkanes of at least 4 members (excludes halogenated alkanes) is 2. The van der Waals surface area contributed by atoms with Crippen molar-refractivity contribution in [3.63, 3.8) is 0 Å². The van der Waals surface area contributed by atoms with Gasteiger partial charge in [-0.2, -0.15) is 5.26 Å². The van der Waals surface area contributed by atoms with E-state index in [2.05, 4.69) is 16.0 Å². The average molecular weight is 462 g/mol. The quantitative estimate of drug-likeness (QED) is 0.427. The molecule has 0 atom stereocenters. The summed E-state index contributed by atoms with van der Waals surface area (Å²) in [6.45, 7) is 3.34. The fourth-order valence-corrected chi connectivity index (χ4v) is 4.61. The van der Waals surface area contributed by atoms with Crippen molar-refractivity contribution in [3.8, 4) is 6.07 Å². The fourth-order valence-electron chi connectivity index (χ4n) is 4.32. The van der Waals surface area contributed by atoms with E-state index in [1.54, 1.807) is 10.6 Å². The number of benzene rings is 2. The lowest BCUT2D eigenvalue weighted by atomic mass is 10.1. The molecule has 0 spiro atoms. The van der Waals surface area contributed by atoms with E-state index in [4.69, 9.17) is 12.2 Å². The molecule has 1 saturated heterocycles. The minimum Gasteiger partial charge on any atom is -0.367 e. The number of nitrogens with zero attached hydrogens (tertiary/aromatic N) is 4. The molecule has 170 valence electrons. The van der Waals surface area contributed by atoms with Crippen LogP contribution in [-0.2, 0) is 11.3 Å². The van der Waals surface area contributed by atoms with Crippen LogP contribution in [0.2, 0.25) is 0 Å². The Bertz CT molecular complexity index is 1300. The largest absolute Gasteiger partial charge is 0.367 e. The molecule has 0 aliphatic carbocycles. The van der Waals surface area contributed by atoms with Crippen molar-refractivity contribution >= 4 is 34.7 Å². The number of hydrogen-bond donors (Lipinski definition) is 1. The van der Waals surface area contributed by atoms with Gasteiger partial charge in [-0.1, -0.05) is 30.7 Å². The smallest absolute Gasteiger partial charge is 0.262 e. The van der Waals surface area contributed by atoms with Gasteiger partial charge in [0, 0.05) is 39.1 Å². The van der Waals surface area contributed by atoms with E-state index in [1.165, 1.54) is 0 Å². The van der Waals surface area contributed by atoms with Gasteiger partial charge in [0.15, 0.2) is 4.77 Å². The highest BCUT2D eigenvalue weighted by Gasteiger charge is 2.22. The number of carbonyl (C=O) groups excluding carboxylic acids is 1. The molecule has 33 heavy (non-hydrogen) atoms. The van der Waals surface area contributed by atoms with Gasteiger partial charge in [-0.15, -0.1) is 0 Å². The van der Waals surface area contributed by atoms with Gasteiger partial charge in [0.25, 0.3) is 5.56 Å². The Morgan fingerprint density at radius 3 is 2.52 bits per heavy atom. The minimum atomic E-state index is -0.0683. The second-order valence-corrected chi connectivity index (χ2v) is 8.63. The highest BCUT2D eigenvalue weighted by molar-refractivity contribution is 7.71. The maximum atomic E-state index is 12.7. The van der Waals surface area contributed by atoms with Crippen LogP contribution in [0.3, 0.4) is 0 Å². The Morgan fingerprint density at radius 1 is 1.00 bits per heavy atom. The lowest BCUT2D eigenvalue weighted by Crippen LogP contribution is -2.49. The summed E-state index contributed by atoms with van der Waals surface area (Å²) in [5.74, 6) is 0.170. The van der Waals surface area contributed by atoms with E-state index < -0.39 is 0 Å². The van der Waals surface area contributed by atoms with E-state index in [-0.39, 0.29) is 11.5 Å². The van der Waals surface area contributed by atoms with Crippen LogP contribution >= 0.6 is 12.2 Å². The summed E-state index contributed by atoms with van der Waals surface area (Å²) in [5, 5.41) is 9.95. The first kappa shape index (κ1) is 22.7. The molecule has 0 radical (unpaired) electrons. The zero-order chi connectivity index (χ0) is 23.2. The summed E-state index contributed by atoms with van der Waals surface area (Å²) < 4.78 is 2.04. The number of H-pyrrole nitrogens is 1. The number of nitriles is 1. The molecule has 2 aromatic carbocycles. The number of fused-ring (bicyclic) bond motifs is 1. The van der Waals surface area contributed by atoms with Crippen LogP contribution in [0.1, 0.15) is 31.2 Å². The third kappa shape index (κ3) is 5.15. The number of rotatable bonds is 7. The number of aromatic amines is 1. The average Bonchev–Trinajstić information content (AvgIpc) is 2.85. The predicted molar refractivity (Wildman–Crippen MR) is 132 cm³/mol. The summed E-state index contributed by atoms with van der Waals surface area (Å²) in [7, 11) is 0. The molecule has 0 saturated carbocycles. The summed E-state index contributed by atoms with van der Waals surface area (Å²) >= 11 is 5.36. The van der Waals surface area contributed by atoms with Gasteiger partial charge in [0.05, 0.1) is 22.2 Å². The number of nitrogens with one attached hydrogen (secondary N) is 1. The summed E-state index contributed by atoms with van der Waals surface area (Å²) in [6, 6.07) is 17.2. The molecule has 7 nitrogen and oxygen atoms in total. The maximum Gasteiger partial charge on any atom is 0.262 e. The Kier molecular flexibility index (Phi) is 7.20. The second-order valence-electron chi connectivity index (χ2n) is 8.24. The van der Waals surface area contributed by atoms with Gasteiger partial charge in [0.2, 0.25) is 5.91 Å². The molecule has 1 aliphatic heterocycles. The van der Waals surface area contributed by atoms with E-state index in [0.29, 0.717) is 41.8 Å². The van der Waals surface area contributed by atoms with Gasteiger partial charge >= 0.3 is 0 Å². The molecule has 1 amide bonds. The number of hydrogen-bond acceptors (Lipinski definition) is 5. The van der Waals surface area contributed by atoms with Crippen LogP contribution in [-0.4, -0.2) is 46.5 Å². The molecule has 0 unspecified atom stereocenters. The molecule has 0 bridgehead atoms. The van der Waals surface area contributed by atoms with E-state index in [1.807, 2.05) is 47.4 Å². The number of piperazine rings is 1. The number of carbonyl (C=O) groups is 1. The number of aromatic nitrogens is 2. The lowest BCUT2D eigenvalue weighted by Gasteiger charge is -2.36. The Balaban J connectivity index is 1.23. The topological polar surface area (TPSA) is 85.1 Å². The molecule has 3 aromatic rings. The Morgan fingerprint density at radius 2 is 1.73 bits per heavy atom. The summed E-state index contributed by atoms with van der Waals surface area (Å²) in [4.78, 5) is 32.5. The lowest BCUT2D eigenvalue weighted by molar-refractivity contribution is -0.131. The third-order valence-electron chi connectivity index (χ3n) is 6.16. The van der Waals surface area contributed by atoms with Gasteiger partial charge in [0.1, 0.15) is 6.07 Å². The van der Waals surface area contributed by atoms with Gasteiger partial charge in [-0.25, -0.2) is 0 Å². The van der Waals surface area contributed by atoms with Crippen molar-refractivity contribution in [3.05, 3.63) is 69.2 Å². The molecule has 4 rings (SSSR count). The predicted octanol–water partition coefficient (Wildman–Crippen LogP) is 3.84. The van der Waals surface area contributed by atoms with Gasteiger partial charge < -0.3 is 14.8 Å². The summed E-state index contributed by atoms with van der Waals surface area (Å²) in [5.41, 5.74) is 2.30. The van der Waals surface area contributed by atoms with Gasteiger partial charge in [-0.05, 0) is 49.3 Å². The zero-order valence-electron chi connectivity index (χ0n) is 18.5. The van der Waals surface area contributed by atoms with Crippen molar-refractivity contribution in [1.82, 2.24) is 14.5 Å². The molecule has 1 aromatic heterocycles. The van der Waals surface area contributed by atoms with Crippen molar-refractivity contribution in [1.29, 1.82) is 5.26 Å². The highest BCUT2D eigenvalue weighted by Crippen LogP contribution is 2.21. The first-order chi connectivity index (χ1) is 16.1. The van der Waals surface area contributed by atoms with Crippen molar-refractivity contribution in [2.75, 3.05) is 31.1 Å². The van der Waals surface area contributed by atoms with Crippen LogP contribution in [0.25, 0.3) is 10.9 Å². The number of amides is 1. The van der Waals surface area contributed by atoms with Crippen LogP contribution in [0.15, 0.2) is 53.3 Å². The molecule has 1 aliphatic rings. The van der Waals surface area contributed by atoms with Crippen LogP contribution in [0.4, 0.5) is 5.69 Å². The Labute approximate surface area is 197 Å². The molecule has 2 heterocycles. The van der Waals surface area contributed by atoms with Crippen LogP contribution in [0.5, 0.6) is 0 Å². The number of anilines is 1. The van der Waals surface area contributed by atoms with Gasteiger partial charge in [-0.3, -0.25) is 14.2 Å².